The van der Waals surface area contributed by atoms with Gasteiger partial charge in [0.2, 0.25) is 0 Å². The van der Waals surface area contributed by atoms with E-state index in [0.717, 1.165) is 19.2 Å². The summed E-state index contributed by atoms with van der Waals surface area (Å²) in [5.74, 6) is -1.55. The number of ether oxygens (including phenoxy) is 2. The molecule has 146 valence electrons. The van der Waals surface area contributed by atoms with Crippen LogP contribution in [0.1, 0.15) is 16.7 Å². The molecule has 0 aliphatic rings. The van der Waals surface area contributed by atoms with Crippen molar-refractivity contribution in [1.29, 1.82) is 0 Å². The van der Waals surface area contributed by atoms with Gasteiger partial charge in [0.25, 0.3) is 5.54 Å². The first-order valence-electron chi connectivity index (χ1n) is 7.95. The maximum Gasteiger partial charge on any atom is 0.426 e. The lowest BCUT2D eigenvalue weighted by Gasteiger charge is -2.35. The number of rotatable bonds is 5. The van der Waals surface area contributed by atoms with Gasteiger partial charge in [0.15, 0.2) is 0 Å². The SMILES string of the molecule is COC(=O)[C@](Nc1ccccc1OC)(c1cc(C)c(O)c(C)c1)C(F)(F)F. The molecule has 0 heterocycles. The summed E-state index contributed by atoms with van der Waals surface area (Å²) in [6.45, 7) is 2.90. The number of phenolic OH excluding ortho intramolecular Hbond substituents is 1. The summed E-state index contributed by atoms with van der Waals surface area (Å²) >= 11 is 0. The fourth-order valence-electron chi connectivity index (χ4n) is 2.87. The second kappa shape index (κ2) is 7.38. The first-order valence-corrected chi connectivity index (χ1v) is 7.95. The van der Waals surface area contributed by atoms with Gasteiger partial charge < -0.3 is 19.9 Å². The highest BCUT2D eigenvalue weighted by Crippen LogP contribution is 2.45. The van der Waals surface area contributed by atoms with Gasteiger partial charge in [0.1, 0.15) is 11.5 Å². The summed E-state index contributed by atoms with van der Waals surface area (Å²) in [7, 11) is 2.19. The molecule has 0 radical (unpaired) electrons. The van der Waals surface area contributed by atoms with Crippen molar-refractivity contribution < 1.29 is 32.5 Å². The Kier molecular flexibility index (Phi) is 5.58. The molecule has 2 rings (SSSR count). The topological polar surface area (TPSA) is 67.8 Å². The third-order valence-electron chi connectivity index (χ3n) is 4.27. The van der Waals surface area contributed by atoms with Crippen molar-refractivity contribution in [1.82, 2.24) is 0 Å². The molecule has 0 unspecified atom stereocenters. The fraction of sp³-hybridized carbons (Fsp3) is 0.316. The number of carbonyl (C=O) groups is 1. The number of esters is 1. The van der Waals surface area contributed by atoms with Crippen molar-refractivity contribution in [3.63, 3.8) is 0 Å². The lowest BCUT2D eigenvalue weighted by atomic mass is 9.86. The minimum absolute atomic E-state index is 0.0360. The summed E-state index contributed by atoms with van der Waals surface area (Å²) in [5.41, 5.74) is -3.24. The van der Waals surface area contributed by atoms with E-state index in [1.807, 2.05) is 0 Å². The van der Waals surface area contributed by atoms with Crippen LogP contribution in [-0.2, 0) is 15.1 Å². The van der Waals surface area contributed by atoms with Crippen LogP contribution in [0.2, 0.25) is 0 Å². The molecule has 0 saturated carbocycles. The standard InChI is InChI=1S/C19H20F3NO4/c1-11-9-13(10-12(2)16(11)24)18(17(25)27-4,19(20,21)22)23-14-7-5-6-8-15(14)26-3/h5-10,23-24H,1-4H3/t18-/m1/s1. The zero-order chi connectivity index (χ0) is 20.4. The van der Waals surface area contributed by atoms with Crippen molar-refractivity contribution in [2.45, 2.75) is 25.6 Å². The van der Waals surface area contributed by atoms with Gasteiger partial charge in [-0.3, -0.25) is 0 Å². The quantitative estimate of drug-likeness (QED) is 0.762. The summed E-state index contributed by atoms with van der Waals surface area (Å²) in [6, 6.07) is 8.14. The highest BCUT2D eigenvalue weighted by Gasteiger charge is 2.63. The number of halogens is 3. The zero-order valence-electron chi connectivity index (χ0n) is 15.3. The molecule has 8 heteroatoms. The molecule has 0 aliphatic carbocycles. The molecule has 2 aromatic rings. The van der Waals surface area contributed by atoms with Crippen LogP contribution < -0.4 is 10.1 Å². The third kappa shape index (κ3) is 3.51. The largest absolute Gasteiger partial charge is 0.507 e. The molecule has 0 fully saturated rings. The van der Waals surface area contributed by atoms with E-state index in [4.69, 9.17) is 4.74 Å². The summed E-state index contributed by atoms with van der Waals surface area (Å²) < 4.78 is 52.6. The number of hydrogen-bond acceptors (Lipinski definition) is 5. The van der Waals surface area contributed by atoms with Gasteiger partial charge in [-0.25, -0.2) is 4.79 Å². The molecule has 2 N–H and O–H groups in total. The monoisotopic (exact) mass is 383 g/mol. The van der Waals surface area contributed by atoms with Crippen LogP contribution in [0.4, 0.5) is 18.9 Å². The number of benzene rings is 2. The predicted molar refractivity (Wildman–Crippen MR) is 93.9 cm³/mol. The van der Waals surface area contributed by atoms with Crippen molar-refractivity contribution in [2.24, 2.45) is 0 Å². The van der Waals surface area contributed by atoms with Gasteiger partial charge in [-0.1, -0.05) is 12.1 Å². The smallest absolute Gasteiger partial charge is 0.426 e. The zero-order valence-corrected chi connectivity index (χ0v) is 15.3. The van der Waals surface area contributed by atoms with Crippen molar-refractivity contribution in [2.75, 3.05) is 19.5 Å². The number of alkyl halides is 3. The number of anilines is 1. The Labute approximate surface area is 154 Å². The van der Waals surface area contributed by atoms with Gasteiger partial charge in [0.05, 0.1) is 19.9 Å². The number of hydrogen-bond donors (Lipinski definition) is 2. The van der Waals surface area contributed by atoms with Gasteiger partial charge in [-0.2, -0.15) is 13.2 Å². The van der Waals surface area contributed by atoms with Crippen molar-refractivity contribution in [3.8, 4) is 11.5 Å². The molecule has 0 spiro atoms. The fourth-order valence-corrected chi connectivity index (χ4v) is 2.87. The van der Waals surface area contributed by atoms with Crippen molar-refractivity contribution >= 4 is 11.7 Å². The first-order chi connectivity index (χ1) is 12.6. The number of aromatic hydroxyl groups is 1. The Morgan fingerprint density at radius 1 is 1.07 bits per heavy atom. The van der Waals surface area contributed by atoms with E-state index in [2.05, 4.69) is 10.1 Å². The van der Waals surface area contributed by atoms with Crippen LogP contribution in [-0.4, -0.2) is 31.5 Å². The molecule has 2 aromatic carbocycles. The van der Waals surface area contributed by atoms with E-state index >= 15 is 0 Å². The molecule has 27 heavy (non-hydrogen) atoms. The molecular formula is C19H20F3NO4. The highest BCUT2D eigenvalue weighted by atomic mass is 19.4. The van der Waals surface area contributed by atoms with Gasteiger partial charge in [-0.05, 0) is 54.8 Å². The molecule has 0 bridgehead atoms. The van der Waals surface area contributed by atoms with E-state index in [-0.39, 0.29) is 28.3 Å². The number of carbonyl (C=O) groups excluding carboxylic acids is 1. The molecular weight excluding hydrogens is 363 g/mol. The van der Waals surface area contributed by atoms with E-state index in [0.29, 0.717) is 0 Å². The number of para-hydroxylation sites is 2. The molecule has 0 aromatic heterocycles. The molecule has 0 aliphatic heterocycles. The number of phenols is 1. The second-order valence-corrected chi connectivity index (χ2v) is 6.02. The van der Waals surface area contributed by atoms with Gasteiger partial charge in [-0.15, -0.1) is 0 Å². The average Bonchev–Trinajstić information content (AvgIpc) is 2.62. The minimum Gasteiger partial charge on any atom is -0.507 e. The molecule has 0 saturated heterocycles. The van der Waals surface area contributed by atoms with E-state index in [1.165, 1.54) is 39.2 Å². The number of methoxy groups -OCH3 is 2. The van der Waals surface area contributed by atoms with Crippen molar-refractivity contribution in [3.05, 3.63) is 53.1 Å². The summed E-state index contributed by atoms with van der Waals surface area (Å²) in [6.07, 6.45) is -5.06. The van der Waals surface area contributed by atoms with E-state index in [1.54, 1.807) is 6.07 Å². The predicted octanol–water partition coefficient (Wildman–Crippen LogP) is 4.06. The van der Waals surface area contributed by atoms with E-state index < -0.39 is 23.2 Å². The maximum atomic E-state index is 14.3. The lowest BCUT2D eigenvalue weighted by molar-refractivity contribution is -0.201. The summed E-state index contributed by atoms with van der Waals surface area (Å²) in [5, 5.41) is 12.2. The van der Waals surface area contributed by atoms with Crippen LogP contribution in [0.5, 0.6) is 11.5 Å². The number of aryl methyl sites for hydroxylation is 2. The molecule has 1 atom stereocenters. The highest BCUT2D eigenvalue weighted by molar-refractivity contribution is 5.88. The average molecular weight is 383 g/mol. The lowest BCUT2D eigenvalue weighted by Crippen LogP contribution is -2.56. The Bertz CT molecular complexity index is 828. The Hall–Kier alpha value is -2.90. The first kappa shape index (κ1) is 20.4. The summed E-state index contributed by atoms with van der Waals surface area (Å²) in [4.78, 5) is 12.5. The Balaban J connectivity index is 2.81. The van der Waals surface area contributed by atoms with Crippen LogP contribution in [0, 0.1) is 13.8 Å². The molecule has 0 amide bonds. The minimum atomic E-state index is -5.06. The number of nitrogens with one attached hydrogen (secondary N) is 1. The van der Waals surface area contributed by atoms with Crippen LogP contribution in [0.3, 0.4) is 0 Å². The molecule has 5 nitrogen and oxygen atoms in total. The second-order valence-electron chi connectivity index (χ2n) is 6.02. The van der Waals surface area contributed by atoms with Crippen LogP contribution >= 0.6 is 0 Å². The normalized spacial score (nSPS) is 13.6. The third-order valence-corrected chi connectivity index (χ3v) is 4.27. The Morgan fingerprint density at radius 2 is 1.63 bits per heavy atom. The van der Waals surface area contributed by atoms with Gasteiger partial charge >= 0.3 is 12.1 Å². The van der Waals surface area contributed by atoms with Crippen LogP contribution in [0.25, 0.3) is 0 Å². The Morgan fingerprint density at radius 3 is 2.11 bits per heavy atom. The van der Waals surface area contributed by atoms with E-state index in [9.17, 15) is 23.1 Å². The van der Waals surface area contributed by atoms with Gasteiger partial charge in [0, 0.05) is 0 Å². The maximum absolute atomic E-state index is 14.3. The van der Waals surface area contributed by atoms with Crippen LogP contribution in [0.15, 0.2) is 36.4 Å².